The lowest BCUT2D eigenvalue weighted by molar-refractivity contribution is -0.184. The van der Waals surface area contributed by atoms with Crippen LogP contribution in [-0.2, 0) is 4.79 Å². The van der Waals surface area contributed by atoms with Gasteiger partial charge in [0.2, 0.25) is 5.91 Å². The Hall–Kier alpha value is -1.71. The van der Waals surface area contributed by atoms with E-state index in [9.17, 15) is 18.0 Å². The van der Waals surface area contributed by atoms with Crippen LogP contribution in [0.1, 0.15) is 6.42 Å². The number of piperazine rings is 1. The quantitative estimate of drug-likeness (QED) is 0.683. The first kappa shape index (κ1) is 23.3. The second kappa shape index (κ2) is 11.2. The van der Waals surface area contributed by atoms with Crippen molar-refractivity contribution in [3.05, 3.63) is 24.3 Å². The summed E-state index contributed by atoms with van der Waals surface area (Å²) in [5, 5.41) is 5.38. The number of hydrogen-bond acceptors (Lipinski definition) is 5. The molecular weight excluding hydrogens is 387 g/mol. The highest BCUT2D eigenvalue weighted by molar-refractivity contribution is 5.85. The average Bonchev–Trinajstić information content (AvgIpc) is 2.62. The van der Waals surface area contributed by atoms with Crippen molar-refractivity contribution in [3.63, 3.8) is 0 Å². The highest BCUT2D eigenvalue weighted by Crippen LogP contribution is 2.26. The topological polar surface area (TPSA) is 62.8 Å². The first-order valence-corrected chi connectivity index (χ1v) is 8.46. The van der Waals surface area contributed by atoms with E-state index in [2.05, 4.69) is 10.6 Å². The zero-order valence-corrected chi connectivity index (χ0v) is 15.9. The molecule has 154 valence electrons. The van der Waals surface area contributed by atoms with Crippen LogP contribution in [-0.4, -0.2) is 69.5 Å². The number of methoxy groups -OCH3 is 1. The molecule has 2 rings (SSSR count). The molecule has 0 spiro atoms. The number of rotatable bonds is 8. The van der Waals surface area contributed by atoms with Crippen molar-refractivity contribution in [3.8, 4) is 11.5 Å². The van der Waals surface area contributed by atoms with Crippen LogP contribution in [0.5, 0.6) is 11.5 Å². The van der Waals surface area contributed by atoms with Crippen molar-refractivity contribution in [2.24, 2.45) is 0 Å². The van der Waals surface area contributed by atoms with Crippen LogP contribution in [0.15, 0.2) is 24.3 Å². The van der Waals surface area contributed by atoms with E-state index in [0.29, 0.717) is 37.7 Å². The molecule has 1 aromatic rings. The van der Waals surface area contributed by atoms with Gasteiger partial charge in [-0.25, -0.2) is 0 Å². The van der Waals surface area contributed by atoms with Gasteiger partial charge in [-0.2, -0.15) is 13.2 Å². The van der Waals surface area contributed by atoms with Gasteiger partial charge in [0.25, 0.3) is 0 Å². The number of carbonyl (C=O) groups excluding carboxylic acids is 1. The third-order valence-electron chi connectivity index (χ3n) is 4.12. The van der Waals surface area contributed by atoms with Gasteiger partial charge < -0.3 is 20.1 Å². The van der Waals surface area contributed by atoms with Crippen molar-refractivity contribution in [1.82, 2.24) is 15.5 Å². The van der Waals surface area contributed by atoms with E-state index in [-0.39, 0.29) is 25.4 Å². The molecule has 0 aliphatic carbocycles. The summed E-state index contributed by atoms with van der Waals surface area (Å²) in [6, 6.07) is 5.28. The average molecular weight is 412 g/mol. The number of carbonyl (C=O) groups is 1. The van der Waals surface area contributed by atoms with Gasteiger partial charge in [-0.05, 0) is 12.1 Å². The number of hydrogen-bond donors (Lipinski definition) is 2. The Balaban J connectivity index is 0.00000364. The lowest BCUT2D eigenvalue weighted by Gasteiger charge is -2.35. The summed E-state index contributed by atoms with van der Waals surface area (Å²) in [6.45, 7) is 1.21. The summed E-state index contributed by atoms with van der Waals surface area (Å²) in [5.41, 5.74) is 0. The number of alkyl halides is 3. The van der Waals surface area contributed by atoms with Crippen LogP contribution in [0.4, 0.5) is 13.2 Å². The maximum atomic E-state index is 13.3. The van der Waals surface area contributed by atoms with Crippen molar-refractivity contribution in [2.45, 2.75) is 18.6 Å². The van der Waals surface area contributed by atoms with E-state index in [1.165, 1.54) is 12.0 Å². The Morgan fingerprint density at radius 3 is 2.48 bits per heavy atom. The highest BCUT2D eigenvalue weighted by atomic mass is 35.5. The van der Waals surface area contributed by atoms with Gasteiger partial charge in [0.15, 0.2) is 11.5 Å². The van der Waals surface area contributed by atoms with Gasteiger partial charge in [-0.15, -0.1) is 12.4 Å². The van der Waals surface area contributed by atoms with Gasteiger partial charge >= 0.3 is 6.18 Å². The van der Waals surface area contributed by atoms with Gasteiger partial charge in [0, 0.05) is 32.7 Å². The van der Waals surface area contributed by atoms with Gasteiger partial charge in [-0.3, -0.25) is 9.69 Å². The highest BCUT2D eigenvalue weighted by Gasteiger charge is 2.43. The third kappa shape index (κ3) is 7.43. The molecule has 0 aromatic heterocycles. The Labute approximate surface area is 162 Å². The molecule has 1 fully saturated rings. The minimum atomic E-state index is -4.39. The molecule has 1 aromatic carbocycles. The molecule has 6 nitrogen and oxygen atoms in total. The van der Waals surface area contributed by atoms with E-state index < -0.39 is 24.7 Å². The SMILES string of the molecule is COc1ccccc1OCCC(=O)NCC(N1CCNCC1)C(F)(F)F.Cl. The normalized spacial score (nSPS) is 16.1. The predicted molar refractivity (Wildman–Crippen MR) is 97.6 cm³/mol. The van der Waals surface area contributed by atoms with E-state index >= 15 is 0 Å². The molecule has 27 heavy (non-hydrogen) atoms. The molecule has 0 saturated carbocycles. The number of benzene rings is 1. The molecule has 1 heterocycles. The number of nitrogens with zero attached hydrogens (tertiary/aromatic N) is 1. The summed E-state index contributed by atoms with van der Waals surface area (Å²) >= 11 is 0. The molecule has 1 amide bonds. The van der Waals surface area contributed by atoms with Crippen LogP contribution < -0.4 is 20.1 Å². The summed E-state index contributed by atoms with van der Waals surface area (Å²) in [7, 11) is 1.50. The van der Waals surface area contributed by atoms with E-state index in [1.54, 1.807) is 24.3 Å². The van der Waals surface area contributed by atoms with E-state index in [4.69, 9.17) is 9.47 Å². The van der Waals surface area contributed by atoms with Gasteiger partial charge in [-0.1, -0.05) is 12.1 Å². The zero-order chi connectivity index (χ0) is 19.0. The summed E-state index contributed by atoms with van der Waals surface area (Å²) in [6.07, 6.45) is -4.43. The van der Waals surface area contributed by atoms with Crippen LogP contribution >= 0.6 is 12.4 Å². The minimum Gasteiger partial charge on any atom is -0.493 e. The van der Waals surface area contributed by atoms with Crippen molar-refractivity contribution in [1.29, 1.82) is 0 Å². The third-order valence-corrected chi connectivity index (χ3v) is 4.12. The summed E-state index contributed by atoms with van der Waals surface area (Å²) in [4.78, 5) is 13.2. The van der Waals surface area contributed by atoms with E-state index in [0.717, 1.165) is 0 Å². The lowest BCUT2D eigenvalue weighted by atomic mass is 10.2. The van der Waals surface area contributed by atoms with Crippen molar-refractivity contribution >= 4 is 18.3 Å². The van der Waals surface area contributed by atoms with Gasteiger partial charge in [0.1, 0.15) is 6.04 Å². The fourth-order valence-electron chi connectivity index (χ4n) is 2.74. The van der Waals surface area contributed by atoms with Crippen molar-refractivity contribution in [2.75, 3.05) is 46.4 Å². The van der Waals surface area contributed by atoms with Crippen LogP contribution in [0.2, 0.25) is 0 Å². The van der Waals surface area contributed by atoms with E-state index in [1.807, 2.05) is 0 Å². The van der Waals surface area contributed by atoms with Gasteiger partial charge in [0.05, 0.1) is 20.1 Å². The van der Waals surface area contributed by atoms with Crippen LogP contribution in [0.3, 0.4) is 0 Å². The molecule has 1 unspecified atom stereocenters. The number of para-hydroxylation sites is 2. The molecule has 0 bridgehead atoms. The Bertz CT molecular complexity index is 584. The maximum absolute atomic E-state index is 13.3. The van der Waals surface area contributed by atoms with Crippen molar-refractivity contribution < 1.29 is 27.4 Å². The Morgan fingerprint density at radius 1 is 1.26 bits per heavy atom. The van der Waals surface area contributed by atoms with Crippen LogP contribution in [0.25, 0.3) is 0 Å². The lowest BCUT2D eigenvalue weighted by Crippen LogP contribution is -2.57. The standard InChI is InChI=1S/C17H24F3N3O3.ClH/c1-25-13-4-2-3-5-14(13)26-11-6-16(24)22-12-15(17(18,19)20)23-9-7-21-8-10-23;/h2-5,15,21H,6-12H2,1H3,(H,22,24);1H. The zero-order valence-electron chi connectivity index (χ0n) is 15.1. The molecule has 10 heteroatoms. The predicted octanol–water partition coefficient (Wildman–Crippen LogP) is 1.84. The minimum absolute atomic E-state index is 0. The molecule has 2 N–H and O–H groups in total. The molecule has 0 radical (unpaired) electrons. The molecular formula is C17H25ClF3N3O3. The fourth-order valence-corrected chi connectivity index (χ4v) is 2.74. The second-order valence-corrected chi connectivity index (χ2v) is 5.90. The number of nitrogens with one attached hydrogen (secondary N) is 2. The second-order valence-electron chi connectivity index (χ2n) is 5.90. The smallest absolute Gasteiger partial charge is 0.405 e. The molecule has 1 aliphatic rings. The number of halogens is 4. The largest absolute Gasteiger partial charge is 0.493 e. The molecule has 1 saturated heterocycles. The summed E-state index contributed by atoms with van der Waals surface area (Å²) < 4.78 is 50.4. The Morgan fingerprint density at radius 2 is 1.89 bits per heavy atom. The molecule has 1 aliphatic heterocycles. The first-order chi connectivity index (χ1) is 12.4. The van der Waals surface area contributed by atoms with Crippen LogP contribution in [0, 0.1) is 0 Å². The first-order valence-electron chi connectivity index (χ1n) is 8.46. The maximum Gasteiger partial charge on any atom is 0.405 e. The Kier molecular flexibility index (Phi) is 9.68. The fraction of sp³-hybridized carbons (Fsp3) is 0.588. The number of ether oxygens (including phenoxy) is 2. The number of amides is 1. The monoisotopic (exact) mass is 411 g/mol. The molecule has 1 atom stereocenters. The summed E-state index contributed by atoms with van der Waals surface area (Å²) in [5.74, 6) is 0.532.